The SMILES string of the molecule is COc1ccccc1CCN(C)C(=O)OC1C=C(C)C(=O)O1. The third-order valence-corrected chi connectivity index (χ3v) is 3.37. The molecule has 1 heterocycles. The third-order valence-electron chi connectivity index (χ3n) is 3.37. The van der Waals surface area contributed by atoms with E-state index in [9.17, 15) is 9.59 Å². The molecule has 0 N–H and O–H groups in total. The summed E-state index contributed by atoms with van der Waals surface area (Å²) in [4.78, 5) is 24.6. The molecule has 6 heteroatoms. The maximum absolute atomic E-state index is 11.9. The van der Waals surface area contributed by atoms with Crippen LogP contribution >= 0.6 is 0 Å². The molecule has 1 unspecified atom stereocenters. The van der Waals surface area contributed by atoms with Crippen molar-refractivity contribution in [2.75, 3.05) is 20.7 Å². The summed E-state index contributed by atoms with van der Waals surface area (Å²) >= 11 is 0. The van der Waals surface area contributed by atoms with Gasteiger partial charge in [-0.15, -0.1) is 0 Å². The normalized spacial score (nSPS) is 16.8. The summed E-state index contributed by atoms with van der Waals surface area (Å²) < 4.78 is 15.2. The predicted molar refractivity (Wildman–Crippen MR) is 79.4 cm³/mol. The van der Waals surface area contributed by atoms with Crippen LogP contribution in [0.1, 0.15) is 12.5 Å². The lowest BCUT2D eigenvalue weighted by molar-refractivity contribution is -0.152. The minimum Gasteiger partial charge on any atom is -0.496 e. The van der Waals surface area contributed by atoms with E-state index in [-0.39, 0.29) is 0 Å². The molecule has 0 spiro atoms. The van der Waals surface area contributed by atoms with Gasteiger partial charge in [0.15, 0.2) is 0 Å². The maximum atomic E-state index is 11.9. The van der Waals surface area contributed by atoms with Crippen molar-refractivity contribution < 1.29 is 23.8 Å². The number of rotatable bonds is 5. The van der Waals surface area contributed by atoms with E-state index < -0.39 is 18.4 Å². The number of benzene rings is 1. The van der Waals surface area contributed by atoms with Gasteiger partial charge >= 0.3 is 12.1 Å². The lowest BCUT2D eigenvalue weighted by Gasteiger charge is -2.19. The second-order valence-electron chi connectivity index (χ2n) is 4.99. The number of cyclic esters (lactones) is 1. The van der Waals surface area contributed by atoms with Crippen LogP contribution < -0.4 is 4.74 Å². The zero-order valence-electron chi connectivity index (χ0n) is 12.9. The number of likely N-dealkylation sites (N-methyl/N-ethyl adjacent to an activating group) is 1. The number of hydrogen-bond donors (Lipinski definition) is 0. The Morgan fingerprint density at radius 1 is 1.36 bits per heavy atom. The number of carbonyl (C=O) groups is 2. The summed E-state index contributed by atoms with van der Waals surface area (Å²) in [7, 11) is 3.24. The van der Waals surface area contributed by atoms with Gasteiger partial charge in [-0.3, -0.25) is 0 Å². The molecule has 0 saturated carbocycles. The van der Waals surface area contributed by atoms with Crippen molar-refractivity contribution in [1.82, 2.24) is 4.90 Å². The number of amides is 1. The Kier molecular flexibility index (Phi) is 5.04. The Bertz CT molecular complexity index is 596. The fourth-order valence-electron chi connectivity index (χ4n) is 2.04. The first-order valence-electron chi connectivity index (χ1n) is 6.94. The highest BCUT2D eigenvalue weighted by molar-refractivity contribution is 5.90. The van der Waals surface area contributed by atoms with Crippen LogP contribution in [0.2, 0.25) is 0 Å². The van der Waals surface area contributed by atoms with Crippen molar-refractivity contribution in [1.29, 1.82) is 0 Å². The molecule has 2 rings (SSSR count). The van der Waals surface area contributed by atoms with Crippen molar-refractivity contribution in [3.05, 3.63) is 41.5 Å². The van der Waals surface area contributed by atoms with E-state index in [4.69, 9.17) is 14.2 Å². The summed E-state index contributed by atoms with van der Waals surface area (Å²) in [6, 6.07) is 7.63. The van der Waals surface area contributed by atoms with Gasteiger partial charge < -0.3 is 19.1 Å². The quantitative estimate of drug-likeness (QED) is 0.780. The van der Waals surface area contributed by atoms with Crippen molar-refractivity contribution in [2.45, 2.75) is 19.6 Å². The minimum absolute atomic E-state index is 0.439. The monoisotopic (exact) mass is 305 g/mol. The summed E-state index contributed by atoms with van der Waals surface area (Å²) in [5.41, 5.74) is 1.45. The molecule has 1 aliphatic heterocycles. The Morgan fingerprint density at radius 2 is 2.09 bits per heavy atom. The van der Waals surface area contributed by atoms with Crippen LogP contribution in [0.25, 0.3) is 0 Å². The van der Waals surface area contributed by atoms with Crippen LogP contribution in [0.4, 0.5) is 4.79 Å². The molecule has 1 atom stereocenters. The van der Waals surface area contributed by atoms with Crippen LogP contribution in [0.3, 0.4) is 0 Å². The van der Waals surface area contributed by atoms with Crippen molar-refractivity contribution >= 4 is 12.1 Å². The van der Waals surface area contributed by atoms with Crippen molar-refractivity contribution in [2.24, 2.45) is 0 Å². The molecule has 0 fully saturated rings. The first-order valence-corrected chi connectivity index (χ1v) is 6.94. The molecule has 118 valence electrons. The fraction of sp³-hybridized carbons (Fsp3) is 0.375. The second kappa shape index (κ2) is 6.98. The molecule has 0 radical (unpaired) electrons. The summed E-state index contributed by atoms with van der Waals surface area (Å²) in [6.07, 6.45) is 0.635. The molecule has 1 aliphatic rings. The predicted octanol–water partition coefficient (Wildman–Crippen LogP) is 2.14. The standard InChI is InChI=1S/C16H19NO5/c1-11-10-14(21-15(11)18)22-16(19)17(2)9-8-12-6-4-5-7-13(12)20-3/h4-7,10,14H,8-9H2,1-3H3. The van der Waals surface area contributed by atoms with Crippen LogP contribution in [0, 0.1) is 0 Å². The van der Waals surface area contributed by atoms with Gasteiger partial charge in [0.1, 0.15) is 5.75 Å². The summed E-state index contributed by atoms with van der Waals surface area (Å²) in [5.74, 6) is 0.321. The van der Waals surface area contributed by atoms with E-state index in [0.29, 0.717) is 18.5 Å². The number of para-hydroxylation sites is 1. The van der Waals surface area contributed by atoms with Gasteiger partial charge in [0.05, 0.1) is 7.11 Å². The van der Waals surface area contributed by atoms with Crippen LogP contribution in [0.5, 0.6) is 5.75 Å². The van der Waals surface area contributed by atoms with Gasteiger partial charge in [0, 0.05) is 25.2 Å². The zero-order valence-corrected chi connectivity index (χ0v) is 12.9. The van der Waals surface area contributed by atoms with E-state index in [1.165, 1.54) is 11.0 Å². The highest BCUT2D eigenvalue weighted by Crippen LogP contribution is 2.18. The Morgan fingerprint density at radius 3 is 2.73 bits per heavy atom. The van der Waals surface area contributed by atoms with E-state index in [1.54, 1.807) is 21.1 Å². The molecule has 1 aromatic rings. The van der Waals surface area contributed by atoms with Crippen LogP contribution in [-0.2, 0) is 20.7 Å². The molecule has 0 aliphatic carbocycles. The Hall–Kier alpha value is -2.50. The summed E-state index contributed by atoms with van der Waals surface area (Å²) in [6.45, 7) is 2.07. The molecule has 0 aromatic heterocycles. The number of nitrogens with zero attached hydrogens (tertiary/aromatic N) is 1. The molecular formula is C16H19NO5. The Labute approximate surface area is 129 Å². The second-order valence-corrected chi connectivity index (χ2v) is 4.99. The van der Waals surface area contributed by atoms with E-state index in [0.717, 1.165) is 11.3 Å². The molecule has 1 aromatic carbocycles. The zero-order chi connectivity index (χ0) is 16.1. The number of esters is 1. The molecule has 22 heavy (non-hydrogen) atoms. The first-order chi connectivity index (χ1) is 10.5. The van der Waals surface area contributed by atoms with Crippen LogP contribution in [-0.4, -0.2) is 44.0 Å². The lowest BCUT2D eigenvalue weighted by atomic mass is 10.1. The number of hydrogen-bond acceptors (Lipinski definition) is 5. The number of ether oxygens (including phenoxy) is 3. The number of methoxy groups -OCH3 is 1. The molecule has 6 nitrogen and oxygen atoms in total. The maximum Gasteiger partial charge on any atom is 0.412 e. The van der Waals surface area contributed by atoms with Crippen molar-refractivity contribution in [3.63, 3.8) is 0 Å². The highest BCUT2D eigenvalue weighted by Gasteiger charge is 2.26. The van der Waals surface area contributed by atoms with Gasteiger partial charge in [-0.2, -0.15) is 0 Å². The minimum atomic E-state index is -0.936. The van der Waals surface area contributed by atoms with Gasteiger partial charge in [0.25, 0.3) is 6.29 Å². The lowest BCUT2D eigenvalue weighted by Crippen LogP contribution is -2.32. The van der Waals surface area contributed by atoms with Gasteiger partial charge in [-0.05, 0) is 25.0 Å². The topological polar surface area (TPSA) is 65.1 Å². The van der Waals surface area contributed by atoms with Gasteiger partial charge in [-0.25, -0.2) is 9.59 Å². The highest BCUT2D eigenvalue weighted by atomic mass is 16.7. The fourth-order valence-corrected chi connectivity index (χ4v) is 2.04. The van der Waals surface area contributed by atoms with E-state index in [1.807, 2.05) is 24.3 Å². The molecular weight excluding hydrogens is 286 g/mol. The van der Waals surface area contributed by atoms with Crippen LogP contribution in [0.15, 0.2) is 35.9 Å². The first kappa shape index (κ1) is 15.9. The average Bonchev–Trinajstić information content (AvgIpc) is 2.82. The van der Waals surface area contributed by atoms with Gasteiger partial charge in [-0.1, -0.05) is 18.2 Å². The largest absolute Gasteiger partial charge is 0.496 e. The van der Waals surface area contributed by atoms with Crippen molar-refractivity contribution in [3.8, 4) is 5.75 Å². The third kappa shape index (κ3) is 3.78. The van der Waals surface area contributed by atoms with E-state index >= 15 is 0 Å². The van der Waals surface area contributed by atoms with E-state index in [2.05, 4.69) is 0 Å². The average molecular weight is 305 g/mol. The van der Waals surface area contributed by atoms with Gasteiger partial charge in [0.2, 0.25) is 0 Å². The molecule has 1 amide bonds. The summed E-state index contributed by atoms with van der Waals surface area (Å²) in [5, 5.41) is 0. The molecule has 0 bridgehead atoms. The smallest absolute Gasteiger partial charge is 0.412 e. The number of carbonyl (C=O) groups excluding carboxylic acids is 2. The molecule has 0 saturated heterocycles. The Balaban J connectivity index is 1.85.